The third-order valence-corrected chi connectivity index (χ3v) is 4.03. The lowest BCUT2D eigenvalue weighted by molar-refractivity contribution is 0.0891. The number of methoxy groups -OCH3 is 1. The van der Waals surface area contributed by atoms with Crippen LogP contribution in [0.25, 0.3) is 11.3 Å². The molecule has 0 fully saturated rings. The maximum atomic E-state index is 13.1. The number of nitrogens with zero attached hydrogens (tertiary/aromatic N) is 1. The number of amides is 1. The second kappa shape index (κ2) is 8.51. The minimum absolute atomic E-state index is 0.222. The molecule has 1 atom stereocenters. The molecular formula is C21H18F2N2O2. The van der Waals surface area contributed by atoms with Gasteiger partial charge in [0, 0.05) is 12.7 Å². The van der Waals surface area contributed by atoms with Gasteiger partial charge in [0.05, 0.1) is 18.3 Å². The molecular weight excluding hydrogens is 350 g/mol. The zero-order valence-electron chi connectivity index (χ0n) is 14.7. The molecule has 0 aliphatic rings. The minimum atomic E-state index is -0.445. The van der Waals surface area contributed by atoms with E-state index in [-0.39, 0.29) is 29.8 Å². The molecule has 0 aliphatic heterocycles. The van der Waals surface area contributed by atoms with Crippen LogP contribution in [-0.4, -0.2) is 24.6 Å². The number of hydrogen-bond donors (Lipinski definition) is 1. The molecule has 4 nitrogen and oxygen atoms in total. The highest BCUT2D eigenvalue weighted by Crippen LogP contribution is 2.19. The van der Waals surface area contributed by atoms with Crippen molar-refractivity contribution in [1.82, 2.24) is 10.3 Å². The SMILES string of the molecule is COCC(NC(=O)c1cccc(-c2ccc(F)cc2)n1)c1ccc(F)cc1. The first-order valence-electron chi connectivity index (χ1n) is 8.35. The summed E-state index contributed by atoms with van der Waals surface area (Å²) in [6.07, 6.45) is 0. The van der Waals surface area contributed by atoms with Crippen LogP contribution in [-0.2, 0) is 4.74 Å². The van der Waals surface area contributed by atoms with Crippen molar-refractivity contribution >= 4 is 5.91 Å². The van der Waals surface area contributed by atoms with Gasteiger partial charge in [-0.15, -0.1) is 0 Å². The van der Waals surface area contributed by atoms with Gasteiger partial charge in [0.15, 0.2) is 0 Å². The van der Waals surface area contributed by atoms with Crippen molar-refractivity contribution in [1.29, 1.82) is 0 Å². The third kappa shape index (κ3) is 4.74. The molecule has 1 aromatic heterocycles. The molecule has 1 unspecified atom stereocenters. The molecule has 0 aliphatic carbocycles. The molecule has 3 aromatic rings. The molecule has 0 saturated carbocycles. The van der Waals surface area contributed by atoms with Gasteiger partial charge >= 0.3 is 0 Å². The number of hydrogen-bond acceptors (Lipinski definition) is 3. The molecule has 6 heteroatoms. The van der Waals surface area contributed by atoms with Gasteiger partial charge in [-0.25, -0.2) is 13.8 Å². The molecule has 27 heavy (non-hydrogen) atoms. The number of nitrogens with one attached hydrogen (secondary N) is 1. The molecule has 138 valence electrons. The third-order valence-electron chi connectivity index (χ3n) is 4.03. The lowest BCUT2D eigenvalue weighted by Gasteiger charge is -2.18. The molecule has 2 aromatic carbocycles. The monoisotopic (exact) mass is 368 g/mol. The van der Waals surface area contributed by atoms with Gasteiger partial charge in [0.1, 0.15) is 17.3 Å². The predicted octanol–water partition coefficient (Wildman–Crippen LogP) is 4.14. The van der Waals surface area contributed by atoms with E-state index in [0.29, 0.717) is 11.3 Å². The number of pyridine rings is 1. The maximum Gasteiger partial charge on any atom is 0.270 e. The Morgan fingerprint density at radius 3 is 2.26 bits per heavy atom. The van der Waals surface area contributed by atoms with E-state index in [9.17, 15) is 13.6 Å². The standard InChI is InChI=1S/C21H18F2N2O2/c1-27-13-20(15-7-11-17(23)12-8-15)25-21(26)19-4-2-3-18(24-19)14-5-9-16(22)10-6-14/h2-12,20H,13H2,1H3,(H,25,26). The maximum absolute atomic E-state index is 13.1. The highest BCUT2D eigenvalue weighted by Gasteiger charge is 2.17. The van der Waals surface area contributed by atoms with E-state index < -0.39 is 6.04 Å². The van der Waals surface area contributed by atoms with Crippen molar-refractivity contribution in [2.45, 2.75) is 6.04 Å². The average Bonchev–Trinajstić information content (AvgIpc) is 2.69. The Labute approximate surface area is 155 Å². The normalized spacial score (nSPS) is 11.8. The van der Waals surface area contributed by atoms with Gasteiger partial charge in [0.25, 0.3) is 5.91 Å². The highest BCUT2D eigenvalue weighted by molar-refractivity contribution is 5.93. The van der Waals surface area contributed by atoms with Crippen molar-refractivity contribution in [3.05, 3.63) is 89.6 Å². The Hall–Kier alpha value is -3.12. The van der Waals surface area contributed by atoms with Gasteiger partial charge in [-0.05, 0) is 54.1 Å². The summed E-state index contributed by atoms with van der Waals surface area (Å²) in [5.41, 5.74) is 2.21. The molecule has 0 bridgehead atoms. The first-order chi connectivity index (χ1) is 13.1. The number of carbonyl (C=O) groups excluding carboxylic acids is 1. The zero-order chi connectivity index (χ0) is 19.2. The lowest BCUT2D eigenvalue weighted by atomic mass is 10.1. The van der Waals surface area contributed by atoms with E-state index in [1.54, 1.807) is 42.5 Å². The summed E-state index contributed by atoms with van der Waals surface area (Å²) < 4.78 is 31.4. The van der Waals surface area contributed by atoms with Gasteiger partial charge in [-0.1, -0.05) is 18.2 Å². The van der Waals surface area contributed by atoms with Crippen LogP contribution in [0.1, 0.15) is 22.1 Å². The van der Waals surface area contributed by atoms with E-state index in [4.69, 9.17) is 4.74 Å². The fourth-order valence-electron chi connectivity index (χ4n) is 2.66. The van der Waals surface area contributed by atoms with Crippen LogP contribution < -0.4 is 5.32 Å². The summed E-state index contributed by atoms with van der Waals surface area (Å²) in [6.45, 7) is 0.231. The fourth-order valence-corrected chi connectivity index (χ4v) is 2.66. The predicted molar refractivity (Wildman–Crippen MR) is 98.1 cm³/mol. The topological polar surface area (TPSA) is 51.2 Å². The highest BCUT2D eigenvalue weighted by atomic mass is 19.1. The van der Waals surface area contributed by atoms with E-state index in [1.165, 1.54) is 31.4 Å². The van der Waals surface area contributed by atoms with E-state index >= 15 is 0 Å². The molecule has 0 saturated heterocycles. The minimum Gasteiger partial charge on any atom is -0.382 e. The largest absolute Gasteiger partial charge is 0.382 e. The summed E-state index contributed by atoms with van der Waals surface area (Å²) in [6, 6.07) is 16.4. The number of halogens is 2. The van der Waals surface area contributed by atoms with Crippen molar-refractivity contribution in [3.8, 4) is 11.3 Å². The average molecular weight is 368 g/mol. The number of benzene rings is 2. The van der Waals surface area contributed by atoms with Crippen molar-refractivity contribution in [3.63, 3.8) is 0 Å². The van der Waals surface area contributed by atoms with Crippen molar-refractivity contribution in [2.24, 2.45) is 0 Å². The van der Waals surface area contributed by atoms with E-state index in [2.05, 4.69) is 10.3 Å². The summed E-state index contributed by atoms with van der Waals surface area (Å²) in [5.74, 6) is -1.07. The molecule has 3 rings (SSSR count). The fraction of sp³-hybridized carbons (Fsp3) is 0.143. The van der Waals surface area contributed by atoms with Crippen molar-refractivity contribution < 1.29 is 18.3 Å². The Balaban J connectivity index is 1.80. The first-order valence-corrected chi connectivity index (χ1v) is 8.35. The first kappa shape index (κ1) is 18.7. The molecule has 1 amide bonds. The Bertz CT molecular complexity index is 912. The lowest BCUT2D eigenvalue weighted by Crippen LogP contribution is -2.32. The molecule has 0 spiro atoms. The number of aromatic nitrogens is 1. The van der Waals surface area contributed by atoms with Crippen LogP contribution in [0, 0.1) is 11.6 Å². The van der Waals surface area contributed by atoms with Crippen LogP contribution in [0.15, 0.2) is 66.7 Å². The Morgan fingerprint density at radius 1 is 1.00 bits per heavy atom. The summed E-state index contributed by atoms with van der Waals surface area (Å²) in [7, 11) is 1.52. The van der Waals surface area contributed by atoms with Gasteiger partial charge in [0.2, 0.25) is 0 Å². The second-order valence-corrected chi connectivity index (χ2v) is 5.95. The molecule has 0 radical (unpaired) electrons. The van der Waals surface area contributed by atoms with Gasteiger partial charge in [-0.2, -0.15) is 0 Å². The molecule has 1 heterocycles. The molecule has 1 N–H and O–H groups in total. The van der Waals surface area contributed by atoms with Crippen LogP contribution in [0.5, 0.6) is 0 Å². The van der Waals surface area contributed by atoms with Gasteiger partial charge in [-0.3, -0.25) is 4.79 Å². The smallest absolute Gasteiger partial charge is 0.270 e. The summed E-state index contributed by atoms with van der Waals surface area (Å²) in [4.78, 5) is 17.0. The zero-order valence-corrected chi connectivity index (χ0v) is 14.7. The number of carbonyl (C=O) groups is 1. The second-order valence-electron chi connectivity index (χ2n) is 5.95. The summed E-state index contributed by atoms with van der Waals surface area (Å²) in [5, 5.41) is 2.85. The van der Waals surface area contributed by atoms with E-state index in [0.717, 1.165) is 5.56 Å². The van der Waals surface area contributed by atoms with Crippen molar-refractivity contribution in [2.75, 3.05) is 13.7 Å². The summed E-state index contributed by atoms with van der Waals surface area (Å²) >= 11 is 0. The number of ether oxygens (including phenoxy) is 1. The van der Waals surface area contributed by atoms with Crippen LogP contribution in [0.4, 0.5) is 8.78 Å². The Kier molecular flexibility index (Phi) is 5.88. The Morgan fingerprint density at radius 2 is 1.63 bits per heavy atom. The quantitative estimate of drug-likeness (QED) is 0.711. The van der Waals surface area contributed by atoms with Crippen LogP contribution in [0.3, 0.4) is 0 Å². The van der Waals surface area contributed by atoms with Gasteiger partial charge < -0.3 is 10.1 Å². The number of rotatable bonds is 6. The van der Waals surface area contributed by atoms with Crippen LogP contribution >= 0.6 is 0 Å². The van der Waals surface area contributed by atoms with Crippen LogP contribution in [0.2, 0.25) is 0 Å². The van der Waals surface area contributed by atoms with E-state index in [1.807, 2.05) is 0 Å².